The van der Waals surface area contributed by atoms with Crippen molar-refractivity contribution in [3.8, 4) is 11.9 Å². The normalized spacial score (nSPS) is 9.87. The summed E-state index contributed by atoms with van der Waals surface area (Å²) in [6, 6.07) is 3.78. The Morgan fingerprint density at radius 3 is 2.93 bits per heavy atom. The number of nitrogens with two attached hydrogens (primary N) is 1. The van der Waals surface area contributed by atoms with E-state index < -0.39 is 0 Å². The zero-order valence-corrected chi connectivity index (χ0v) is 8.18. The molecular weight excluding hydrogens is 190 g/mol. The maximum Gasteiger partial charge on any atom is 0.218 e. The number of imidazole rings is 1. The van der Waals surface area contributed by atoms with E-state index in [1.807, 2.05) is 19.1 Å². The van der Waals surface area contributed by atoms with Crippen LogP contribution in [0.5, 0.6) is 0 Å². The van der Waals surface area contributed by atoms with Crippen molar-refractivity contribution in [1.29, 1.82) is 5.26 Å². The SMILES string of the molecule is Cc1cnc(-n2ccnc2C#N)c(N)c1. The average molecular weight is 199 g/mol. The molecule has 74 valence electrons. The van der Waals surface area contributed by atoms with Crippen LogP contribution in [0.1, 0.15) is 11.4 Å². The molecule has 2 aromatic rings. The summed E-state index contributed by atoms with van der Waals surface area (Å²) in [4.78, 5) is 8.06. The van der Waals surface area contributed by atoms with Crippen molar-refractivity contribution in [1.82, 2.24) is 14.5 Å². The number of anilines is 1. The number of hydrogen-bond acceptors (Lipinski definition) is 4. The minimum atomic E-state index is 0.276. The fraction of sp³-hybridized carbons (Fsp3) is 0.100. The number of rotatable bonds is 1. The predicted molar refractivity (Wildman–Crippen MR) is 55.2 cm³/mol. The molecule has 0 aromatic carbocycles. The molecule has 5 heteroatoms. The lowest BCUT2D eigenvalue weighted by Gasteiger charge is -2.06. The van der Waals surface area contributed by atoms with E-state index >= 15 is 0 Å². The summed E-state index contributed by atoms with van der Waals surface area (Å²) >= 11 is 0. The summed E-state index contributed by atoms with van der Waals surface area (Å²) in [6.45, 7) is 1.91. The maximum absolute atomic E-state index is 8.81. The molecule has 0 unspecified atom stereocenters. The van der Waals surface area contributed by atoms with Gasteiger partial charge in [-0.1, -0.05) is 0 Å². The Bertz CT molecular complexity index is 535. The van der Waals surface area contributed by atoms with Gasteiger partial charge in [-0.05, 0) is 18.6 Å². The second kappa shape index (κ2) is 3.42. The summed E-state index contributed by atoms with van der Waals surface area (Å²) in [7, 11) is 0. The van der Waals surface area contributed by atoms with Gasteiger partial charge in [0.05, 0.1) is 5.69 Å². The summed E-state index contributed by atoms with van der Waals surface area (Å²) in [6.07, 6.45) is 4.90. The molecule has 0 amide bonds. The van der Waals surface area contributed by atoms with E-state index in [4.69, 9.17) is 11.0 Å². The first-order valence-corrected chi connectivity index (χ1v) is 4.38. The summed E-state index contributed by atoms with van der Waals surface area (Å²) < 4.78 is 1.56. The third kappa shape index (κ3) is 1.53. The van der Waals surface area contributed by atoms with Crippen LogP contribution in [0.15, 0.2) is 24.7 Å². The van der Waals surface area contributed by atoms with E-state index in [2.05, 4.69) is 9.97 Å². The van der Waals surface area contributed by atoms with Crippen molar-refractivity contribution in [2.24, 2.45) is 0 Å². The van der Waals surface area contributed by atoms with Crippen LogP contribution in [0.4, 0.5) is 5.69 Å². The molecule has 0 aliphatic heterocycles. The number of aryl methyl sites for hydroxylation is 1. The zero-order chi connectivity index (χ0) is 10.8. The first-order valence-electron chi connectivity index (χ1n) is 4.38. The molecule has 0 aliphatic rings. The van der Waals surface area contributed by atoms with Gasteiger partial charge in [-0.15, -0.1) is 0 Å². The van der Waals surface area contributed by atoms with Crippen molar-refractivity contribution < 1.29 is 0 Å². The molecule has 2 aromatic heterocycles. The van der Waals surface area contributed by atoms with E-state index in [1.165, 1.54) is 0 Å². The zero-order valence-electron chi connectivity index (χ0n) is 8.18. The Hall–Kier alpha value is -2.35. The van der Waals surface area contributed by atoms with E-state index in [9.17, 15) is 0 Å². The highest BCUT2D eigenvalue weighted by Crippen LogP contribution is 2.16. The molecule has 0 aliphatic carbocycles. The van der Waals surface area contributed by atoms with E-state index in [0.29, 0.717) is 11.5 Å². The lowest BCUT2D eigenvalue weighted by molar-refractivity contribution is 0.967. The van der Waals surface area contributed by atoms with Crippen LogP contribution in [0.25, 0.3) is 5.82 Å². The second-order valence-electron chi connectivity index (χ2n) is 3.16. The summed E-state index contributed by atoms with van der Waals surface area (Å²) in [5, 5.41) is 8.81. The topological polar surface area (TPSA) is 80.5 Å². The highest BCUT2D eigenvalue weighted by atomic mass is 15.1. The van der Waals surface area contributed by atoms with Gasteiger partial charge in [0.15, 0.2) is 5.82 Å². The molecular formula is C10H9N5. The van der Waals surface area contributed by atoms with E-state index in [1.54, 1.807) is 23.2 Å². The third-order valence-electron chi connectivity index (χ3n) is 2.00. The molecule has 0 atom stereocenters. The van der Waals surface area contributed by atoms with Crippen molar-refractivity contribution in [2.45, 2.75) is 6.92 Å². The van der Waals surface area contributed by atoms with Crippen molar-refractivity contribution in [2.75, 3.05) is 5.73 Å². The second-order valence-corrected chi connectivity index (χ2v) is 3.16. The van der Waals surface area contributed by atoms with Gasteiger partial charge < -0.3 is 5.73 Å². The number of pyridine rings is 1. The van der Waals surface area contributed by atoms with Gasteiger partial charge in [0, 0.05) is 18.6 Å². The molecule has 5 nitrogen and oxygen atoms in total. The fourth-order valence-corrected chi connectivity index (χ4v) is 1.34. The van der Waals surface area contributed by atoms with Gasteiger partial charge in [0.1, 0.15) is 6.07 Å². The average Bonchev–Trinajstić information content (AvgIpc) is 2.65. The smallest absolute Gasteiger partial charge is 0.218 e. The molecule has 0 spiro atoms. The van der Waals surface area contributed by atoms with Crippen LogP contribution in [0.3, 0.4) is 0 Å². The Labute approximate surface area is 86.8 Å². The van der Waals surface area contributed by atoms with E-state index in [0.717, 1.165) is 5.56 Å². The largest absolute Gasteiger partial charge is 0.396 e. The quantitative estimate of drug-likeness (QED) is 0.743. The predicted octanol–water partition coefficient (Wildman–Crippen LogP) is 1.03. The number of nitrogen functional groups attached to an aromatic ring is 1. The third-order valence-corrected chi connectivity index (χ3v) is 2.00. The van der Waals surface area contributed by atoms with E-state index in [-0.39, 0.29) is 5.82 Å². The van der Waals surface area contributed by atoms with Gasteiger partial charge in [-0.25, -0.2) is 9.97 Å². The molecule has 2 rings (SSSR count). The van der Waals surface area contributed by atoms with Gasteiger partial charge in [-0.3, -0.25) is 4.57 Å². The van der Waals surface area contributed by atoms with Crippen LogP contribution >= 0.6 is 0 Å². The number of hydrogen-bond donors (Lipinski definition) is 1. The maximum atomic E-state index is 8.81. The molecule has 0 saturated heterocycles. The minimum absolute atomic E-state index is 0.276. The Morgan fingerprint density at radius 2 is 2.27 bits per heavy atom. The van der Waals surface area contributed by atoms with Crippen LogP contribution in [0, 0.1) is 18.3 Å². The standard InChI is InChI=1S/C10H9N5/c1-7-4-8(12)10(14-6-7)15-3-2-13-9(15)5-11/h2-4,6H,12H2,1H3. The Balaban J connectivity index is 2.60. The lowest BCUT2D eigenvalue weighted by Crippen LogP contribution is -2.04. The first kappa shape index (κ1) is 9.21. The monoisotopic (exact) mass is 199 g/mol. The first-order chi connectivity index (χ1) is 7.22. The van der Waals surface area contributed by atoms with Crippen LogP contribution < -0.4 is 5.73 Å². The van der Waals surface area contributed by atoms with Crippen LogP contribution in [-0.2, 0) is 0 Å². The van der Waals surface area contributed by atoms with Gasteiger partial charge in [0.2, 0.25) is 5.82 Å². The molecule has 2 N–H and O–H groups in total. The Morgan fingerprint density at radius 1 is 1.47 bits per heavy atom. The highest BCUT2D eigenvalue weighted by molar-refractivity contribution is 5.55. The molecule has 0 saturated carbocycles. The number of nitriles is 1. The minimum Gasteiger partial charge on any atom is -0.396 e. The number of aromatic nitrogens is 3. The molecule has 0 bridgehead atoms. The highest BCUT2D eigenvalue weighted by Gasteiger charge is 2.08. The Kier molecular flexibility index (Phi) is 2.10. The van der Waals surface area contributed by atoms with Gasteiger partial charge >= 0.3 is 0 Å². The van der Waals surface area contributed by atoms with Crippen molar-refractivity contribution >= 4 is 5.69 Å². The summed E-state index contributed by atoms with van der Waals surface area (Å²) in [5.74, 6) is 0.813. The fourth-order valence-electron chi connectivity index (χ4n) is 1.34. The molecule has 2 heterocycles. The van der Waals surface area contributed by atoms with Crippen molar-refractivity contribution in [3.05, 3.63) is 36.0 Å². The molecule has 0 fully saturated rings. The molecule has 15 heavy (non-hydrogen) atoms. The van der Waals surface area contributed by atoms with Gasteiger partial charge in [-0.2, -0.15) is 5.26 Å². The van der Waals surface area contributed by atoms with Crippen LogP contribution in [0.2, 0.25) is 0 Å². The molecule has 0 radical (unpaired) electrons. The lowest BCUT2D eigenvalue weighted by atomic mass is 10.3. The van der Waals surface area contributed by atoms with Crippen LogP contribution in [-0.4, -0.2) is 14.5 Å². The van der Waals surface area contributed by atoms with Gasteiger partial charge in [0.25, 0.3) is 0 Å². The summed E-state index contributed by atoms with van der Waals surface area (Å²) in [5.41, 5.74) is 7.33. The van der Waals surface area contributed by atoms with Crippen molar-refractivity contribution in [3.63, 3.8) is 0 Å². The number of nitrogens with zero attached hydrogens (tertiary/aromatic N) is 4.